The number of benzene rings is 1. The monoisotopic (exact) mass is 243 g/mol. The lowest BCUT2D eigenvalue weighted by Crippen LogP contribution is -2.24. The fourth-order valence-corrected chi connectivity index (χ4v) is 2.06. The Hall–Kier alpha value is -0.740. The molecule has 2 unspecified atom stereocenters. The average Bonchev–Trinajstić information content (AvgIpc) is 2.28. The van der Waals surface area contributed by atoms with Crippen molar-refractivity contribution in [3.63, 3.8) is 0 Å². The van der Waals surface area contributed by atoms with Crippen LogP contribution in [0.4, 0.5) is 4.39 Å². The van der Waals surface area contributed by atoms with E-state index in [1.165, 1.54) is 12.1 Å². The minimum Gasteiger partial charge on any atom is -0.309 e. The van der Waals surface area contributed by atoms with Crippen LogP contribution in [0.25, 0.3) is 0 Å². The van der Waals surface area contributed by atoms with Gasteiger partial charge in [0.25, 0.3) is 0 Å². The lowest BCUT2D eigenvalue weighted by Gasteiger charge is -2.13. The summed E-state index contributed by atoms with van der Waals surface area (Å²) < 4.78 is 24.2. The molecule has 0 aromatic heterocycles. The number of hydrogen-bond donors (Lipinski definition) is 1. The van der Waals surface area contributed by atoms with Gasteiger partial charge in [0.15, 0.2) is 0 Å². The Labute approximate surface area is 98.7 Å². The molecular weight excluding hydrogens is 225 g/mol. The molecule has 0 amide bonds. The molecule has 1 N–H and O–H groups in total. The molecule has 0 radical (unpaired) electrons. The second-order valence-corrected chi connectivity index (χ2v) is 5.53. The zero-order valence-electron chi connectivity index (χ0n) is 9.70. The van der Waals surface area contributed by atoms with Crippen LogP contribution in [0.15, 0.2) is 24.3 Å². The van der Waals surface area contributed by atoms with Crippen LogP contribution in [-0.2, 0) is 10.8 Å². The Morgan fingerprint density at radius 3 is 2.88 bits per heavy atom. The fraction of sp³-hybridized carbons (Fsp3) is 0.500. The first-order valence-corrected chi connectivity index (χ1v) is 6.96. The summed E-state index contributed by atoms with van der Waals surface area (Å²) in [5.41, 5.74) is 0.919. The summed E-state index contributed by atoms with van der Waals surface area (Å²) in [6.07, 6.45) is 0. The molecule has 90 valence electrons. The SMILES string of the molecule is CCS(=O)CCNC(C)c1cccc(F)c1. The lowest BCUT2D eigenvalue weighted by atomic mass is 10.1. The topological polar surface area (TPSA) is 29.1 Å². The van der Waals surface area contributed by atoms with Gasteiger partial charge in [0.1, 0.15) is 5.82 Å². The third-order valence-corrected chi connectivity index (χ3v) is 3.75. The van der Waals surface area contributed by atoms with E-state index >= 15 is 0 Å². The highest BCUT2D eigenvalue weighted by atomic mass is 32.2. The van der Waals surface area contributed by atoms with Gasteiger partial charge in [-0.1, -0.05) is 19.1 Å². The number of halogens is 1. The molecule has 0 aliphatic rings. The number of nitrogens with one attached hydrogen (secondary N) is 1. The standard InChI is InChI=1S/C12H18FNOS/c1-3-16(15)8-7-14-10(2)11-5-4-6-12(13)9-11/h4-6,9-10,14H,3,7-8H2,1-2H3. The predicted molar refractivity (Wildman–Crippen MR) is 66.4 cm³/mol. The molecule has 16 heavy (non-hydrogen) atoms. The first-order valence-electron chi connectivity index (χ1n) is 5.47. The molecule has 0 spiro atoms. The van der Waals surface area contributed by atoms with Crippen molar-refractivity contribution in [1.29, 1.82) is 0 Å². The molecular formula is C12H18FNOS. The molecule has 0 saturated carbocycles. The van der Waals surface area contributed by atoms with Crippen molar-refractivity contribution in [3.8, 4) is 0 Å². The van der Waals surface area contributed by atoms with E-state index in [9.17, 15) is 8.60 Å². The Balaban J connectivity index is 2.40. The van der Waals surface area contributed by atoms with E-state index in [2.05, 4.69) is 5.32 Å². The Bertz CT molecular complexity index is 357. The van der Waals surface area contributed by atoms with Crippen molar-refractivity contribution in [2.45, 2.75) is 19.9 Å². The highest BCUT2D eigenvalue weighted by molar-refractivity contribution is 7.84. The van der Waals surface area contributed by atoms with Crippen LogP contribution < -0.4 is 5.32 Å². The van der Waals surface area contributed by atoms with Gasteiger partial charge in [-0.25, -0.2) is 4.39 Å². The molecule has 1 aromatic rings. The second kappa shape index (κ2) is 6.76. The maximum atomic E-state index is 13.0. The summed E-state index contributed by atoms with van der Waals surface area (Å²) in [5.74, 6) is 1.12. The van der Waals surface area contributed by atoms with E-state index in [4.69, 9.17) is 0 Å². The summed E-state index contributed by atoms with van der Waals surface area (Å²) in [6, 6.07) is 6.63. The molecule has 0 aliphatic carbocycles. The van der Waals surface area contributed by atoms with E-state index in [-0.39, 0.29) is 11.9 Å². The van der Waals surface area contributed by atoms with Crippen molar-refractivity contribution in [3.05, 3.63) is 35.6 Å². The van der Waals surface area contributed by atoms with E-state index in [0.717, 1.165) is 5.56 Å². The van der Waals surface area contributed by atoms with E-state index in [0.29, 0.717) is 18.1 Å². The van der Waals surface area contributed by atoms with Gasteiger partial charge in [-0.15, -0.1) is 0 Å². The summed E-state index contributed by atoms with van der Waals surface area (Å²) in [6.45, 7) is 4.58. The van der Waals surface area contributed by atoms with Crippen LogP contribution in [0.5, 0.6) is 0 Å². The van der Waals surface area contributed by atoms with Gasteiger partial charge in [0, 0.05) is 34.9 Å². The zero-order valence-corrected chi connectivity index (χ0v) is 10.5. The van der Waals surface area contributed by atoms with Gasteiger partial charge >= 0.3 is 0 Å². The van der Waals surface area contributed by atoms with E-state index in [1.807, 2.05) is 19.9 Å². The molecule has 0 saturated heterocycles. The molecule has 0 heterocycles. The van der Waals surface area contributed by atoms with Gasteiger partial charge in [0.05, 0.1) is 0 Å². The first kappa shape index (κ1) is 13.3. The maximum absolute atomic E-state index is 13.0. The van der Waals surface area contributed by atoms with Crippen molar-refractivity contribution in [1.82, 2.24) is 5.32 Å². The quantitative estimate of drug-likeness (QED) is 0.830. The molecule has 0 aliphatic heterocycles. The van der Waals surface area contributed by atoms with Crippen molar-refractivity contribution < 1.29 is 8.60 Å². The molecule has 0 fully saturated rings. The maximum Gasteiger partial charge on any atom is 0.123 e. The summed E-state index contributed by atoms with van der Waals surface area (Å²) in [7, 11) is -0.741. The smallest absolute Gasteiger partial charge is 0.123 e. The molecule has 1 rings (SSSR count). The van der Waals surface area contributed by atoms with Crippen molar-refractivity contribution in [2.24, 2.45) is 0 Å². The fourth-order valence-electron chi connectivity index (χ4n) is 1.43. The second-order valence-electron chi connectivity index (χ2n) is 3.66. The third-order valence-electron chi connectivity index (χ3n) is 2.45. The van der Waals surface area contributed by atoms with E-state index in [1.54, 1.807) is 6.07 Å². The van der Waals surface area contributed by atoms with Gasteiger partial charge < -0.3 is 5.32 Å². The summed E-state index contributed by atoms with van der Waals surface area (Å²) in [4.78, 5) is 0. The highest BCUT2D eigenvalue weighted by Gasteiger charge is 2.05. The third kappa shape index (κ3) is 4.41. The zero-order chi connectivity index (χ0) is 12.0. The van der Waals surface area contributed by atoms with Crippen molar-refractivity contribution in [2.75, 3.05) is 18.1 Å². The van der Waals surface area contributed by atoms with Crippen LogP contribution in [0.3, 0.4) is 0 Å². The molecule has 1 aromatic carbocycles. The Morgan fingerprint density at radius 2 is 2.25 bits per heavy atom. The van der Waals surface area contributed by atoms with Crippen LogP contribution >= 0.6 is 0 Å². The summed E-state index contributed by atoms with van der Waals surface area (Å²) in [5, 5.41) is 3.23. The molecule has 0 bridgehead atoms. The average molecular weight is 243 g/mol. The van der Waals surface area contributed by atoms with Gasteiger partial charge in [-0.3, -0.25) is 4.21 Å². The van der Waals surface area contributed by atoms with Gasteiger partial charge in [0.2, 0.25) is 0 Å². The molecule has 4 heteroatoms. The minimum atomic E-state index is -0.741. The Kier molecular flexibility index (Phi) is 5.63. The van der Waals surface area contributed by atoms with Gasteiger partial charge in [-0.2, -0.15) is 0 Å². The molecule has 2 nitrogen and oxygen atoms in total. The van der Waals surface area contributed by atoms with Gasteiger partial charge in [-0.05, 0) is 24.6 Å². The first-order chi connectivity index (χ1) is 7.63. The van der Waals surface area contributed by atoms with Crippen LogP contribution in [0.2, 0.25) is 0 Å². The van der Waals surface area contributed by atoms with Crippen LogP contribution in [0.1, 0.15) is 25.5 Å². The van der Waals surface area contributed by atoms with Crippen molar-refractivity contribution >= 4 is 10.8 Å². The lowest BCUT2D eigenvalue weighted by molar-refractivity contribution is 0.582. The van der Waals surface area contributed by atoms with Crippen LogP contribution in [-0.4, -0.2) is 22.3 Å². The highest BCUT2D eigenvalue weighted by Crippen LogP contribution is 2.12. The largest absolute Gasteiger partial charge is 0.309 e. The predicted octanol–water partition coefficient (Wildman–Crippen LogP) is 2.24. The number of rotatable bonds is 6. The summed E-state index contributed by atoms with van der Waals surface area (Å²) >= 11 is 0. The minimum absolute atomic E-state index is 0.0876. The van der Waals surface area contributed by atoms with Crippen LogP contribution in [0, 0.1) is 5.82 Å². The Morgan fingerprint density at radius 1 is 1.50 bits per heavy atom. The molecule has 2 atom stereocenters. The number of hydrogen-bond acceptors (Lipinski definition) is 2. The van der Waals surface area contributed by atoms with E-state index < -0.39 is 10.8 Å². The normalized spacial score (nSPS) is 14.7.